The van der Waals surface area contributed by atoms with Gasteiger partial charge in [0.05, 0.1) is 0 Å². The van der Waals surface area contributed by atoms with Gasteiger partial charge in [-0.15, -0.1) is 0 Å². The van der Waals surface area contributed by atoms with E-state index in [0.717, 1.165) is 38.9 Å². The number of piperidine rings is 1. The molecule has 22 heavy (non-hydrogen) atoms. The van der Waals surface area contributed by atoms with Crippen LogP contribution < -0.4 is 10.6 Å². The molecule has 1 spiro atoms. The molecule has 1 saturated heterocycles. The van der Waals surface area contributed by atoms with Gasteiger partial charge in [-0.2, -0.15) is 0 Å². The standard InChI is InChI=1S/C18H27N3O/c1-21(2)13-15-6-4-3-5-14(15)12-20-17(22)16-11-18(16)7-9-19-10-8-18/h3-6,16,19H,7-13H2,1-2H3,(H,20,22). The van der Waals surface area contributed by atoms with Crippen LogP contribution in [-0.2, 0) is 17.9 Å². The summed E-state index contributed by atoms with van der Waals surface area (Å²) in [5, 5.41) is 6.56. The van der Waals surface area contributed by atoms with Gasteiger partial charge in [0.25, 0.3) is 0 Å². The van der Waals surface area contributed by atoms with Crippen LogP contribution in [0.5, 0.6) is 0 Å². The van der Waals surface area contributed by atoms with Crippen molar-refractivity contribution in [3.63, 3.8) is 0 Å². The minimum Gasteiger partial charge on any atom is -0.352 e. The lowest BCUT2D eigenvalue weighted by Crippen LogP contribution is -2.33. The van der Waals surface area contributed by atoms with E-state index in [1.807, 2.05) is 6.07 Å². The lowest BCUT2D eigenvalue weighted by molar-refractivity contribution is -0.123. The molecule has 120 valence electrons. The fourth-order valence-corrected chi connectivity index (χ4v) is 3.73. The van der Waals surface area contributed by atoms with Gasteiger partial charge < -0.3 is 15.5 Å². The number of carbonyl (C=O) groups is 1. The third-order valence-corrected chi connectivity index (χ3v) is 5.16. The van der Waals surface area contributed by atoms with Gasteiger partial charge in [-0.25, -0.2) is 0 Å². The lowest BCUT2D eigenvalue weighted by atomic mass is 9.92. The smallest absolute Gasteiger partial charge is 0.223 e. The van der Waals surface area contributed by atoms with E-state index >= 15 is 0 Å². The van der Waals surface area contributed by atoms with E-state index in [-0.39, 0.29) is 11.8 Å². The molecule has 1 aromatic carbocycles. The predicted molar refractivity (Wildman–Crippen MR) is 88.3 cm³/mol. The maximum atomic E-state index is 12.4. The number of hydrogen-bond acceptors (Lipinski definition) is 3. The second-order valence-electron chi connectivity index (χ2n) is 7.09. The van der Waals surface area contributed by atoms with Gasteiger partial charge in [-0.3, -0.25) is 4.79 Å². The van der Waals surface area contributed by atoms with Crippen molar-refractivity contribution < 1.29 is 4.79 Å². The zero-order valence-corrected chi connectivity index (χ0v) is 13.7. The quantitative estimate of drug-likeness (QED) is 0.871. The Labute approximate surface area is 133 Å². The Morgan fingerprint density at radius 2 is 1.95 bits per heavy atom. The average Bonchev–Trinajstić information content (AvgIpc) is 3.19. The van der Waals surface area contributed by atoms with Crippen LogP contribution in [-0.4, -0.2) is 38.0 Å². The number of amides is 1. The van der Waals surface area contributed by atoms with Gasteiger partial charge in [0.1, 0.15) is 0 Å². The van der Waals surface area contributed by atoms with Crippen LogP contribution in [0.3, 0.4) is 0 Å². The zero-order chi connectivity index (χ0) is 15.6. The highest BCUT2D eigenvalue weighted by Crippen LogP contribution is 2.58. The fraction of sp³-hybridized carbons (Fsp3) is 0.611. The van der Waals surface area contributed by atoms with E-state index in [4.69, 9.17) is 0 Å². The lowest BCUT2D eigenvalue weighted by Gasteiger charge is -2.23. The van der Waals surface area contributed by atoms with E-state index in [9.17, 15) is 4.79 Å². The van der Waals surface area contributed by atoms with Crippen LogP contribution in [0.2, 0.25) is 0 Å². The van der Waals surface area contributed by atoms with Gasteiger partial charge in [-0.05, 0) is 63.0 Å². The first-order valence-corrected chi connectivity index (χ1v) is 8.31. The number of nitrogens with one attached hydrogen (secondary N) is 2. The average molecular weight is 301 g/mol. The molecule has 4 heteroatoms. The first kappa shape index (κ1) is 15.5. The van der Waals surface area contributed by atoms with E-state index in [1.165, 1.54) is 11.1 Å². The van der Waals surface area contributed by atoms with Crippen LogP contribution in [0.1, 0.15) is 30.4 Å². The van der Waals surface area contributed by atoms with Gasteiger partial charge in [0.2, 0.25) is 5.91 Å². The Balaban J connectivity index is 1.56. The topological polar surface area (TPSA) is 44.4 Å². The van der Waals surface area contributed by atoms with Gasteiger partial charge >= 0.3 is 0 Å². The van der Waals surface area contributed by atoms with E-state index < -0.39 is 0 Å². The Morgan fingerprint density at radius 1 is 1.27 bits per heavy atom. The summed E-state index contributed by atoms with van der Waals surface area (Å²) in [4.78, 5) is 14.6. The maximum absolute atomic E-state index is 12.4. The Bertz CT molecular complexity index is 535. The number of carbonyl (C=O) groups excluding carboxylic acids is 1. The monoisotopic (exact) mass is 301 g/mol. The van der Waals surface area contributed by atoms with Crippen molar-refractivity contribution in [3.8, 4) is 0 Å². The highest BCUT2D eigenvalue weighted by molar-refractivity contribution is 5.82. The Hall–Kier alpha value is -1.39. The summed E-state index contributed by atoms with van der Waals surface area (Å²) in [6.45, 7) is 3.68. The second-order valence-corrected chi connectivity index (χ2v) is 7.09. The molecule has 1 unspecified atom stereocenters. The first-order valence-electron chi connectivity index (χ1n) is 8.31. The van der Waals surface area contributed by atoms with Crippen molar-refractivity contribution in [1.82, 2.24) is 15.5 Å². The number of hydrogen-bond donors (Lipinski definition) is 2. The largest absolute Gasteiger partial charge is 0.352 e. The molecule has 1 amide bonds. The van der Waals surface area contributed by atoms with Crippen molar-refractivity contribution in [1.29, 1.82) is 0 Å². The predicted octanol–water partition coefficient (Wildman–Crippen LogP) is 1.75. The molecule has 2 aliphatic rings. The van der Waals surface area contributed by atoms with Gasteiger partial charge in [0.15, 0.2) is 0 Å². The third kappa shape index (κ3) is 3.33. The number of nitrogens with zero attached hydrogens (tertiary/aromatic N) is 1. The summed E-state index contributed by atoms with van der Waals surface area (Å²) >= 11 is 0. The molecule has 0 aromatic heterocycles. The summed E-state index contributed by atoms with van der Waals surface area (Å²) < 4.78 is 0. The second kappa shape index (κ2) is 6.39. The fourth-order valence-electron chi connectivity index (χ4n) is 3.73. The Kier molecular flexibility index (Phi) is 4.50. The summed E-state index contributed by atoms with van der Waals surface area (Å²) in [7, 11) is 4.14. The van der Waals surface area contributed by atoms with Crippen LogP contribution in [0.15, 0.2) is 24.3 Å². The van der Waals surface area contributed by atoms with E-state index in [0.29, 0.717) is 12.0 Å². The van der Waals surface area contributed by atoms with Crippen molar-refractivity contribution in [2.24, 2.45) is 11.3 Å². The van der Waals surface area contributed by atoms with Crippen LogP contribution in [0.4, 0.5) is 0 Å². The minimum atomic E-state index is 0.246. The summed E-state index contributed by atoms with van der Waals surface area (Å²) in [5.41, 5.74) is 2.84. The molecule has 1 aliphatic heterocycles. The zero-order valence-electron chi connectivity index (χ0n) is 13.7. The molecular weight excluding hydrogens is 274 g/mol. The Morgan fingerprint density at radius 3 is 2.64 bits per heavy atom. The molecule has 0 radical (unpaired) electrons. The highest BCUT2D eigenvalue weighted by atomic mass is 16.2. The molecule has 1 saturated carbocycles. The summed E-state index contributed by atoms with van der Waals surface area (Å²) in [6, 6.07) is 8.38. The molecular formula is C18H27N3O. The summed E-state index contributed by atoms with van der Waals surface area (Å²) in [6.07, 6.45) is 3.39. The molecule has 1 heterocycles. The molecule has 4 nitrogen and oxygen atoms in total. The van der Waals surface area contributed by atoms with Crippen molar-refractivity contribution in [2.45, 2.75) is 32.4 Å². The van der Waals surface area contributed by atoms with Crippen LogP contribution >= 0.6 is 0 Å². The first-order chi connectivity index (χ1) is 10.6. The third-order valence-electron chi connectivity index (χ3n) is 5.16. The summed E-state index contributed by atoms with van der Waals surface area (Å²) in [5.74, 6) is 0.497. The van der Waals surface area contributed by atoms with Crippen LogP contribution in [0, 0.1) is 11.3 Å². The minimum absolute atomic E-state index is 0.246. The molecule has 2 N–H and O–H groups in total. The maximum Gasteiger partial charge on any atom is 0.223 e. The molecule has 1 aliphatic carbocycles. The SMILES string of the molecule is CN(C)Cc1ccccc1CNC(=O)C1CC12CCNCC2. The van der Waals surface area contributed by atoms with Gasteiger partial charge in [-0.1, -0.05) is 24.3 Å². The van der Waals surface area contributed by atoms with Crippen molar-refractivity contribution in [3.05, 3.63) is 35.4 Å². The van der Waals surface area contributed by atoms with Crippen molar-refractivity contribution >= 4 is 5.91 Å². The molecule has 1 atom stereocenters. The van der Waals surface area contributed by atoms with Crippen LogP contribution in [0.25, 0.3) is 0 Å². The van der Waals surface area contributed by atoms with Gasteiger partial charge in [0, 0.05) is 19.0 Å². The number of benzene rings is 1. The van der Waals surface area contributed by atoms with E-state index in [1.54, 1.807) is 0 Å². The van der Waals surface area contributed by atoms with Crippen molar-refractivity contribution in [2.75, 3.05) is 27.2 Å². The molecule has 0 bridgehead atoms. The molecule has 3 rings (SSSR count). The number of rotatable bonds is 5. The van der Waals surface area contributed by atoms with E-state index in [2.05, 4.69) is 47.8 Å². The normalized spacial score (nSPS) is 22.8. The molecule has 1 aromatic rings. The molecule has 2 fully saturated rings. The highest BCUT2D eigenvalue weighted by Gasteiger charge is 2.57.